The predicted molar refractivity (Wildman–Crippen MR) is 210 cm³/mol. The van der Waals surface area contributed by atoms with Crippen LogP contribution in [0.25, 0.3) is 16.7 Å². The zero-order valence-electron chi connectivity index (χ0n) is 33.1. The molecule has 2 fully saturated rings. The van der Waals surface area contributed by atoms with Crippen molar-refractivity contribution in [3.63, 3.8) is 0 Å². The lowest BCUT2D eigenvalue weighted by Crippen LogP contribution is -2.54. The van der Waals surface area contributed by atoms with Crippen molar-refractivity contribution in [3.05, 3.63) is 65.9 Å². The Morgan fingerprint density at radius 3 is 1.96 bits per heavy atom. The molecule has 296 valence electrons. The molecule has 1 saturated heterocycles. The van der Waals surface area contributed by atoms with Crippen LogP contribution in [0.1, 0.15) is 96.7 Å². The van der Waals surface area contributed by atoms with Crippen LogP contribution in [-0.4, -0.2) is 84.4 Å². The molecule has 2 aromatic carbocycles. The van der Waals surface area contributed by atoms with Crippen LogP contribution in [0.5, 0.6) is 0 Å². The summed E-state index contributed by atoms with van der Waals surface area (Å²) >= 11 is 0. The fraction of sp³-hybridized carbons (Fsp3) is 0.524. The first-order valence-electron chi connectivity index (χ1n) is 19.4. The molecule has 2 aliphatic heterocycles. The zero-order chi connectivity index (χ0) is 39.8. The van der Waals surface area contributed by atoms with Crippen molar-refractivity contribution in [1.29, 1.82) is 0 Å². The second-order valence-corrected chi connectivity index (χ2v) is 15.3. The minimum atomic E-state index is -0.725. The maximum absolute atomic E-state index is 13.6. The molecule has 5 rings (SSSR count). The van der Waals surface area contributed by atoms with Gasteiger partial charge >= 0.3 is 12.2 Å². The zero-order valence-corrected chi connectivity index (χ0v) is 33.1. The Balaban J connectivity index is 1.17. The van der Waals surface area contributed by atoms with Crippen LogP contribution in [0, 0.1) is 17.8 Å². The normalized spacial score (nSPS) is 20.6. The van der Waals surface area contributed by atoms with Crippen molar-refractivity contribution in [3.8, 4) is 11.1 Å². The van der Waals surface area contributed by atoms with Gasteiger partial charge in [-0.25, -0.2) is 20.0 Å². The van der Waals surface area contributed by atoms with Gasteiger partial charge in [-0.1, -0.05) is 75.2 Å². The molecule has 2 heterocycles. The first kappa shape index (κ1) is 41.0. The Hall–Kier alpha value is -5.20. The molecule has 55 heavy (non-hydrogen) atoms. The third kappa shape index (κ3) is 9.73. The summed E-state index contributed by atoms with van der Waals surface area (Å²) in [7, 11) is 2.54. The van der Waals surface area contributed by atoms with Gasteiger partial charge in [-0.2, -0.15) is 0 Å². The summed E-state index contributed by atoms with van der Waals surface area (Å²) in [6.07, 6.45) is 5.80. The van der Waals surface area contributed by atoms with Crippen molar-refractivity contribution >= 4 is 41.2 Å². The number of methoxy groups -OCH3 is 2. The van der Waals surface area contributed by atoms with E-state index in [1.807, 2.05) is 56.1 Å². The topological polar surface area (TPSA) is 159 Å². The van der Waals surface area contributed by atoms with Crippen LogP contribution in [0.2, 0.25) is 0 Å². The number of allylic oxidation sites excluding steroid dienone is 1. The summed E-state index contributed by atoms with van der Waals surface area (Å²) < 4.78 is 9.46. The molecule has 1 aliphatic carbocycles. The fourth-order valence-corrected chi connectivity index (χ4v) is 7.83. The van der Waals surface area contributed by atoms with Crippen molar-refractivity contribution in [1.82, 2.24) is 26.0 Å². The molecule has 0 unspecified atom stereocenters. The maximum atomic E-state index is 13.6. The third-order valence-electron chi connectivity index (χ3n) is 11.0. The second kappa shape index (κ2) is 18.4. The largest absolute Gasteiger partial charge is 0.453 e. The number of rotatable bonds is 11. The summed E-state index contributed by atoms with van der Waals surface area (Å²) in [6.45, 7) is 9.99. The summed E-state index contributed by atoms with van der Waals surface area (Å²) in [4.78, 5) is 71.2. The van der Waals surface area contributed by atoms with Gasteiger partial charge in [-0.05, 0) is 80.2 Å². The van der Waals surface area contributed by atoms with Crippen molar-refractivity contribution in [2.75, 3.05) is 20.8 Å². The van der Waals surface area contributed by atoms with Gasteiger partial charge in [0.2, 0.25) is 17.7 Å². The molecule has 0 bridgehead atoms. The highest BCUT2D eigenvalue weighted by molar-refractivity contribution is 6.04. The van der Waals surface area contributed by atoms with E-state index in [9.17, 15) is 24.0 Å². The van der Waals surface area contributed by atoms with Crippen molar-refractivity contribution in [2.45, 2.75) is 104 Å². The molecule has 0 radical (unpaired) electrons. The van der Waals surface area contributed by atoms with Crippen LogP contribution >= 0.6 is 0 Å². The van der Waals surface area contributed by atoms with E-state index in [0.29, 0.717) is 25.8 Å². The number of nitrogens with zero attached hydrogens (tertiary/aromatic N) is 3. The van der Waals surface area contributed by atoms with Gasteiger partial charge in [-0.15, -0.1) is 0 Å². The van der Waals surface area contributed by atoms with E-state index in [1.54, 1.807) is 13.8 Å². The number of carbonyl (C=O) groups excluding carboxylic acids is 5. The molecular formula is C42H56N6O7. The number of aliphatic imine (C=N–C) groups is 1. The van der Waals surface area contributed by atoms with E-state index < -0.39 is 30.1 Å². The van der Waals surface area contributed by atoms with E-state index in [-0.39, 0.29) is 41.8 Å². The number of nitrogens with one attached hydrogen (secondary N) is 3. The lowest BCUT2D eigenvalue weighted by atomic mass is 9.77. The molecule has 1 saturated carbocycles. The number of amides is 5. The van der Waals surface area contributed by atoms with Gasteiger partial charge < -0.3 is 25.0 Å². The Kier molecular flexibility index (Phi) is 13.7. The summed E-state index contributed by atoms with van der Waals surface area (Å²) in [5.41, 5.74) is 8.67. The number of hydrogen-bond acceptors (Lipinski definition) is 8. The number of hydrogen-bond donors (Lipinski definition) is 3. The quantitative estimate of drug-likeness (QED) is 0.224. The van der Waals surface area contributed by atoms with E-state index in [2.05, 4.69) is 40.3 Å². The van der Waals surface area contributed by atoms with Crippen molar-refractivity contribution in [2.24, 2.45) is 22.7 Å². The van der Waals surface area contributed by atoms with E-state index in [4.69, 9.17) is 14.5 Å². The average Bonchev–Trinajstić information content (AvgIpc) is 3.89. The standard InChI is InChI=1S/C42H56N6O7/c1-25(2)37(45-41(52)54-6)40(51)47-22-10-13-36(47)35-23-32(24-43-35)31-20-18-30(19-21-31)29-16-14-28(15-17-29)27(5)44-38(49)33-11-8-9-12-34(33)39(50)48(26(3)4)46-42(53)55-7/h14-21,24-27,33-34,36-37H,8-13,22-23H2,1-7H3,(H,44,49)(H,45,52)(H,46,53)/t27-,33-,34+,36-,37-/m0/s1. The molecule has 3 aliphatic rings. The van der Waals surface area contributed by atoms with Crippen molar-refractivity contribution < 1.29 is 33.4 Å². The van der Waals surface area contributed by atoms with Gasteiger partial charge in [0.25, 0.3) is 0 Å². The Bertz CT molecular complexity index is 1770. The molecular weight excluding hydrogens is 700 g/mol. The minimum absolute atomic E-state index is 0.0922. The first-order chi connectivity index (χ1) is 26.3. The average molecular weight is 757 g/mol. The lowest BCUT2D eigenvalue weighted by Gasteiger charge is -2.35. The summed E-state index contributed by atoms with van der Waals surface area (Å²) in [6, 6.07) is 15.1. The number of carbonyl (C=O) groups is 5. The maximum Gasteiger partial charge on any atom is 0.425 e. The highest BCUT2D eigenvalue weighted by atomic mass is 16.5. The van der Waals surface area contributed by atoms with Gasteiger partial charge in [0.05, 0.1) is 32.2 Å². The second-order valence-electron chi connectivity index (χ2n) is 15.3. The van der Waals surface area contributed by atoms with Gasteiger partial charge in [0.15, 0.2) is 0 Å². The number of ether oxygens (including phenoxy) is 2. The highest BCUT2D eigenvalue weighted by Crippen LogP contribution is 2.34. The third-order valence-corrected chi connectivity index (χ3v) is 11.0. The highest BCUT2D eigenvalue weighted by Gasteiger charge is 2.40. The number of hydrazine groups is 1. The van der Waals surface area contributed by atoms with Crippen LogP contribution < -0.4 is 16.1 Å². The van der Waals surface area contributed by atoms with E-state index >= 15 is 0 Å². The number of benzene rings is 2. The molecule has 5 amide bonds. The van der Waals surface area contributed by atoms with Crippen LogP contribution in [-0.2, 0) is 23.9 Å². The molecule has 13 nitrogen and oxygen atoms in total. The van der Waals surface area contributed by atoms with Gasteiger partial charge in [0, 0.05) is 36.8 Å². The smallest absolute Gasteiger partial charge is 0.425 e. The minimum Gasteiger partial charge on any atom is -0.453 e. The van der Waals surface area contributed by atoms with Crippen LogP contribution in [0.3, 0.4) is 0 Å². The SMILES string of the molecule is COC(=O)N[C@H](C(=O)N1CCC[C@H]1C1=NC=C(c2ccc(-c3ccc([C@H](C)NC(=O)[C@H]4CCCC[C@H]4C(=O)N(NC(=O)OC)C(C)C)cc3)cc2)C1)C(C)C. The van der Waals surface area contributed by atoms with Crippen LogP contribution in [0.4, 0.5) is 9.59 Å². The summed E-state index contributed by atoms with van der Waals surface area (Å²) in [5.74, 6) is -1.68. The monoisotopic (exact) mass is 756 g/mol. The number of alkyl carbamates (subject to hydrolysis) is 1. The Morgan fingerprint density at radius 2 is 1.36 bits per heavy atom. The predicted octanol–water partition coefficient (Wildman–Crippen LogP) is 6.40. The molecule has 0 aromatic heterocycles. The lowest BCUT2D eigenvalue weighted by molar-refractivity contribution is -0.147. The number of likely N-dealkylation sites (tertiary alicyclic amines) is 1. The Labute approximate surface area is 324 Å². The molecule has 2 aromatic rings. The van der Waals surface area contributed by atoms with Gasteiger partial charge in [-0.3, -0.25) is 19.4 Å². The molecule has 3 N–H and O–H groups in total. The first-order valence-corrected chi connectivity index (χ1v) is 19.4. The van der Waals surface area contributed by atoms with Gasteiger partial charge in [0.1, 0.15) is 6.04 Å². The molecule has 0 spiro atoms. The summed E-state index contributed by atoms with van der Waals surface area (Å²) in [5, 5.41) is 7.12. The molecule has 13 heteroatoms. The van der Waals surface area contributed by atoms with Crippen LogP contribution in [0.15, 0.2) is 59.7 Å². The van der Waals surface area contributed by atoms with E-state index in [1.165, 1.54) is 19.2 Å². The van der Waals surface area contributed by atoms with E-state index in [0.717, 1.165) is 59.2 Å². The Morgan fingerprint density at radius 1 is 0.764 bits per heavy atom. The fourth-order valence-electron chi connectivity index (χ4n) is 7.83. The molecule has 5 atom stereocenters.